The predicted octanol–water partition coefficient (Wildman–Crippen LogP) is 3.46. The van der Waals surface area contributed by atoms with Crippen LogP contribution in [0.3, 0.4) is 0 Å². The number of likely N-dealkylation sites (tertiary alicyclic amines) is 1. The van der Waals surface area contributed by atoms with Crippen molar-refractivity contribution in [3.63, 3.8) is 0 Å². The highest BCUT2D eigenvalue weighted by Gasteiger charge is 2.18. The highest BCUT2D eigenvalue weighted by atomic mass is 15.1. The summed E-state index contributed by atoms with van der Waals surface area (Å²) in [5.41, 5.74) is 2.03. The van der Waals surface area contributed by atoms with E-state index in [1.165, 1.54) is 6.20 Å². The average molecular weight is 374 g/mol. The molecule has 8 nitrogen and oxygen atoms in total. The van der Waals surface area contributed by atoms with Gasteiger partial charge in [-0.2, -0.15) is 0 Å². The van der Waals surface area contributed by atoms with Crippen LogP contribution in [0.15, 0.2) is 49.2 Å². The second-order valence-corrected chi connectivity index (χ2v) is 6.90. The number of rotatable bonds is 5. The van der Waals surface area contributed by atoms with Gasteiger partial charge in [0.2, 0.25) is 0 Å². The predicted molar refractivity (Wildman–Crippen MR) is 109 cm³/mol. The van der Waals surface area contributed by atoms with E-state index >= 15 is 0 Å². The zero-order chi connectivity index (χ0) is 19.3. The Morgan fingerprint density at radius 2 is 1.79 bits per heavy atom. The summed E-state index contributed by atoms with van der Waals surface area (Å²) in [5, 5.41) is 6.87. The average Bonchev–Trinajstić information content (AvgIpc) is 3.25. The molecule has 4 heterocycles. The van der Waals surface area contributed by atoms with Gasteiger partial charge in [0.05, 0.1) is 23.8 Å². The third kappa shape index (κ3) is 4.10. The van der Waals surface area contributed by atoms with Crippen LogP contribution in [0.25, 0.3) is 10.5 Å². The van der Waals surface area contributed by atoms with E-state index in [4.69, 9.17) is 6.57 Å². The molecule has 4 rings (SSSR count). The molecule has 28 heavy (non-hydrogen) atoms. The Hall–Kier alpha value is -3.44. The molecule has 0 spiro atoms. The van der Waals surface area contributed by atoms with E-state index in [-0.39, 0.29) is 5.82 Å². The summed E-state index contributed by atoms with van der Waals surface area (Å²) < 4.78 is 2.05. The Labute approximate surface area is 164 Å². The number of hydrogen-bond donors (Lipinski definition) is 2. The maximum atomic E-state index is 6.97. The van der Waals surface area contributed by atoms with Crippen molar-refractivity contribution in [2.24, 2.45) is 0 Å². The highest BCUT2D eigenvalue weighted by molar-refractivity contribution is 5.67. The smallest absolute Gasteiger partial charge is 0.288 e. The third-order valence-electron chi connectivity index (χ3n) is 4.85. The Bertz CT molecular complexity index is 951. The van der Waals surface area contributed by atoms with Crippen LogP contribution in [0.4, 0.5) is 23.1 Å². The molecule has 0 aromatic carbocycles. The SMILES string of the molecule is [C-]#[N+]c1cnc(Nc2cc(NC3CCN(C)CC3)c(-n3cccc3)cn2)cn1. The first-order valence-corrected chi connectivity index (χ1v) is 9.26. The molecule has 0 amide bonds. The van der Waals surface area contributed by atoms with Gasteiger partial charge in [0.1, 0.15) is 5.82 Å². The van der Waals surface area contributed by atoms with Crippen LogP contribution in [-0.4, -0.2) is 50.6 Å². The van der Waals surface area contributed by atoms with Crippen molar-refractivity contribution in [3.8, 4) is 5.69 Å². The molecule has 0 unspecified atom stereocenters. The zero-order valence-electron chi connectivity index (χ0n) is 15.7. The molecule has 1 aliphatic rings. The fraction of sp³-hybridized carbons (Fsp3) is 0.300. The van der Waals surface area contributed by atoms with Crippen molar-refractivity contribution in [1.82, 2.24) is 24.4 Å². The van der Waals surface area contributed by atoms with Crippen LogP contribution >= 0.6 is 0 Å². The minimum atomic E-state index is 0.270. The molecule has 0 aliphatic carbocycles. The summed E-state index contributed by atoms with van der Waals surface area (Å²) in [7, 11) is 2.16. The van der Waals surface area contributed by atoms with Crippen molar-refractivity contribution in [1.29, 1.82) is 0 Å². The lowest BCUT2D eigenvalue weighted by molar-refractivity contribution is 0.264. The first-order valence-electron chi connectivity index (χ1n) is 9.26. The van der Waals surface area contributed by atoms with Gasteiger partial charge in [0, 0.05) is 24.5 Å². The normalized spacial score (nSPS) is 15.1. The number of anilines is 3. The Morgan fingerprint density at radius 3 is 2.46 bits per heavy atom. The topological polar surface area (TPSA) is 75.3 Å². The van der Waals surface area contributed by atoms with Gasteiger partial charge in [-0.3, -0.25) is 0 Å². The van der Waals surface area contributed by atoms with Crippen LogP contribution in [0, 0.1) is 6.57 Å². The Morgan fingerprint density at radius 1 is 1.04 bits per heavy atom. The lowest BCUT2D eigenvalue weighted by atomic mass is 10.1. The summed E-state index contributed by atoms with van der Waals surface area (Å²) in [6.07, 6.45) is 11.1. The van der Waals surface area contributed by atoms with Gasteiger partial charge in [0.15, 0.2) is 12.0 Å². The largest absolute Gasteiger partial charge is 0.380 e. The lowest BCUT2D eigenvalue weighted by Gasteiger charge is -2.30. The van der Waals surface area contributed by atoms with Gasteiger partial charge < -0.3 is 24.9 Å². The molecule has 1 saturated heterocycles. The molecule has 0 bridgehead atoms. The zero-order valence-corrected chi connectivity index (χ0v) is 15.7. The van der Waals surface area contributed by atoms with Crippen molar-refractivity contribution in [3.05, 3.63) is 60.6 Å². The highest BCUT2D eigenvalue weighted by Crippen LogP contribution is 2.26. The molecule has 8 heteroatoms. The molecule has 3 aromatic heterocycles. The minimum absolute atomic E-state index is 0.270. The van der Waals surface area contributed by atoms with E-state index in [0.29, 0.717) is 17.7 Å². The molecule has 142 valence electrons. The molecular weight excluding hydrogens is 352 g/mol. The van der Waals surface area contributed by atoms with Crippen molar-refractivity contribution in [2.75, 3.05) is 30.8 Å². The number of pyridine rings is 1. The Balaban J connectivity index is 1.59. The lowest BCUT2D eigenvalue weighted by Crippen LogP contribution is -2.36. The van der Waals surface area contributed by atoms with Gasteiger partial charge in [0.25, 0.3) is 5.82 Å². The number of piperidine rings is 1. The summed E-state index contributed by atoms with van der Waals surface area (Å²) in [5.74, 6) is 1.50. The van der Waals surface area contributed by atoms with Crippen LogP contribution in [0.2, 0.25) is 0 Å². The molecule has 0 atom stereocenters. The number of nitrogens with one attached hydrogen (secondary N) is 2. The van der Waals surface area contributed by atoms with Crippen molar-refractivity contribution in [2.45, 2.75) is 18.9 Å². The maximum absolute atomic E-state index is 6.97. The quantitative estimate of drug-likeness (QED) is 0.666. The number of hydrogen-bond acceptors (Lipinski definition) is 6. The van der Waals surface area contributed by atoms with Crippen LogP contribution in [-0.2, 0) is 0 Å². The molecule has 1 fully saturated rings. The van der Waals surface area contributed by atoms with E-state index < -0.39 is 0 Å². The summed E-state index contributed by atoms with van der Waals surface area (Å²) >= 11 is 0. The van der Waals surface area contributed by atoms with E-state index in [1.54, 1.807) is 6.20 Å². The monoisotopic (exact) mass is 374 g/mol. The summed E-state index contributed by atoms with van der Waals surface area (Å²) in [6.45, 7) is 9.15. The van der Waals surface area contributed by atoms with Gasteiger partial charge in [-0.1, -0.05) is 6.57 Å². The van der Waals surface area contributed by atoms with Crippen LogP contribution in [0.5, 0.6) is 0 Å². The molecule has 1 aliphatic heterocycles. The van der Waals surface area contributed by atoms with E-state index in [2.05, 4.69) is 46.9 Å². The standard InChI is InChI=1S/C20H22N8/c1-21-19-13-24-20(14-23-19)26-18-11-16(25-15-5-9-27(2)10-6-15)17(12-22-18)28-7-3-4-8-28/h3-4,7-8,11-15H,5-6,9-10H2,2H3,(H2,22,24,25,26). The van der Waals surface area contributed by atoms with E-state index in [0.717, 1.165) is 37.3 Å². The van der Waals surface area contributed by atoms with Crippen molar-refractivity contribution >= 4 is 23.1 Å². The van der Waals surface area contributed by atoms with E-state index in [1.807, 2.05) is 36.8 Å². The van der Waals surface area contributed by atoms with Gasteiger partial charge >= 0.3 is 0 Å². The fourth-order valence-corrected chi connectivity index (χ4v) is 3.28. The van der Waals surface area contributed by atoms with Crippen LogP contribution in [0.1, 0.15) is 12.8 Å². The van der Waals surface area contributed by atoms with Crippen molar-refractivity contribution < 1.29 is 0 Å². The van der Waals surface area contributed by atoms with Gasteiger partial charge in [-0.05, 0) is 45.1 Å². The number of nitrogens with zero attached hydrogens (tertiary/aromatic N) is 6. The minimum Gasteiger partial charge on any atom is -0.380 e. The Kier molecular flexibility index (Phi) is 5.17. The second-order valence-electron chi connectivity index (χ2n) is 6.90. The molecule has 3 aromatic rings. The maximum Gasteiger partial charge on any atom is 0.288 e. The molecule has 0 radical (unpaired) electrons. The second kappa shape index (κ2) is 8.06. The first kappa shape index (κ1) is 17.9. The number of aromatic nitrogens is 4. The molecule has 2 N–H and O–H groups in total. The summed E-state index contributed by atoms with van der Waals surface area (Å²) in [6, 6.07) is 6.43. The first-order chi connectivity index (χ1) is 13.7. The van der Waals surface area contributed by atoms with Gasteiger partial charge in [-0.15, -0.1) is 4.98 Å². The van der Waals surface area contributed by atoms with Gasteiger partial charge in [-0.25, -0.2) is 9.97 Å². The molecular formula is C20H22N8. The summed E-state index contributed by atoms with van der Waals surface area (Å²) in [4.78, 5) is 18.4. The molecule has 0 saturated carbocycles. The third-order valence-corrected chi connectivity index (χ3v) is 4.85. The fourth-order valence-electron chi connectivity index (χ4n) is 3.28. The van der Waals surface area contributed by atoms with Crippen LogP contribution < -0.4 is 10.6 Å². The van der Waals surface area contributed by atoms with E-state index in [9.17, 15) is 0 Å².